The van der Waals surface area contributed by atoms with Gasteiger partial charge >= 0.3 is 0 Å². The summed E-state index contributed by atoms with van der Waals surface area (Å²) in [4.78, 5) is 0. The van der Waals surface area contributed by atoms with Gasteiger partial charge in [-0.1, -0.05) is 19.1 Å². The van der Waals surface area contributed by atoms with E-state index in [0.29, 0.717) is 0 Å². The van der Waals surface area contributed by atoms with E-state index < -0.39 is 0 Å². The molecule has 0 radical (unpaired) electrons. The number of aliphatic hydroxyl groups excluding tert-OH is 1. The molecule has 0 aromatic heterocycles. The highest BCUT2D eigenvalue weighted by atomic mass is 16.5. The third-order valence-corrected chi connectivity index (χ3v) is 2.51. The second kappa shape index (κ2) is 7.25. The summed E-state index contributed by atoms with van der Waals surface area (Å²) in [5.41, 5.74) is 1.21. The maximum atomic E-state index is 9.07. The van der Waals surface area contributed by atoms with E-state index in [9.17, 15) is 0 Å². The van der Waals surface area contributed by atoms with Crippen LogP contribution in [-0.2, 0) is 6.42 Å². The van der Waals surface area contributed by atoms with Crippen molar-refractivity contribution in [3.05, 3.63) is 29.8 Å². The lowest BCUT2D eigenvalue weighted by Gasteiger charge is -2.13. The largest absolute Gasteiger partial charge is 0.494 e. The fourth-order valence-corrected chi connectivity index (χ4v) is 1.48. The quantitative estimate of drug-likeness (QED) is 0.737. The van der Waals surface area contributed by atoms with Gasteiger partial charge in [0.2, 0.25) is 0 Å². The van der Waals surface area contributed by atoms with Crippen LogP contribution in [0.2, 0.25) is 0 Å². The average molecular weight is 223 g/mol. The number of likely N-dealkylation sites (N-methyl/N-ethyl adjacent to an activating group) is 1. The van der Waals surface area contributed by atoms with Gasteiger partial charge in [0.15, 0.2) is 0 Å². The Morgan fingerprint density at radius 3 is 2.50 bits per heavy atom. The number of aliphatic hydroxyl groups is 1. The van der Waals surface area contributed by atoms with E-state index in [1.807, 2.05) is 31.3 Å². The minimum atomic E-state index is 0.127. The first kappa shape index (κ1) is 13.0. The summed E-state index contributed by atoms with van der Waals surface area (Å²) in [6, 6.07) is 8.18. The van der Waals surface area contributed by atoms with Crippen molar-refractivity contribution in [2.45, 2.75) is 25.8 Å². The van der Waals surface area contributed by atoms with Crippen molar-refractivity contribution in [2.24, 2.45) is 0 Å². The Balaban J connectivity index is 2.50. The van der Waals surface area contributed by atoms with Crippen LogP contribution in [0, 0.1) is 0 Å². The first-order valence-corrected chi connectivity index (χ1v) is 5.80. The molecule has 0 aliphatic rings. The van der Waals surface area contributed by atoms with Gasteiger partial charge in [0.05, 0.1) is 13.2 Å². The predicted octanol–water partition coefficient (Wildman–Crippen LogP) is 1.60. The second-order valence-electron chi connectivity index (χ2n) is 3.86. The van der Waals surface area contributed by atoms with Crippen LogP contribution in [0.4, 0.5) is 0 Å². The van der Waals surface area contributed by atoms with Gasteiger partial charge in [-0.05, 0) is 37.6 Å². The van der Waals surface area contributed by atoms with Crippen LogP contribution in [0.3, 0.4) is 0 Å². The van der Waals surface area contributed by atoms with Crippen LogP contribution in [-0.4, -0.2) is 31.4 Å². The summed E-state index contributed by atoms with van der Waals surface area (Å²) in [7, 11) is 1.86. The standard InChI is InChI=1S/C13H21NO2/c1-3-8-16-13-6-4-11(5-7-13)9-12(10-15)14-2/h4-7,12,14-15H,3,8-10H2,1-2H3/t12-/m0/s1. The third kappa shape index (κ3) is 4.21. The molecular weight excluding hydrogens is 202 g/mol. The molecule has 0 spiro atoms. The Bertz CT molecular complexity index is 280. The Hall–Kier alpha value is -1.06. The number of benzene rings is 1. The predicted molar refractivity (Wildman–Crippen MR) is 65.9 cm³/mol. The third-order valence-electron chi connectivity index (χ3n) is 2.51. The van der Waals surface area contributed by atoms with Gasteiger partial charge in [-0.3, -0.25) is 0 Å². The molecule has 0 bridgehead atoms. The lowest BCUT2D eigenvalue weighted by molar-refractivity contribution is 0.248. The number of hydrogen-bond donors (Lipinski definition) is 2. The fraction of sp³-hybridized carbons (Fsp3) is 0.538. The van der Waals surface area contributed by atoms with E-state index in [-0.39, 0.29) is 12.6 Å². The molecule has 0 aliphatic carbocycles. The first-order chi connectivity index (χ1) is 7.80. The number of nitrogens with one attached hydrogen (secondary N) is 1. The van der Waals surface area contributed by atoms with Crippen molar-refractivity contribution in [1.29, 1.82) is 0 Å². The van der Waals surface area contributed by atoms with Gasteiger partial charge in [-0.15, -0.1) is 0 Å². The smallest absolute Gasteiger partial charge is 0.119 e. The summed E-state index contributed by atoms with van der Waals surface area (Å²) >= 11 is 0. The first-order valence-electron chi connectivity index (χ1n) is 5.80. The highest BCUT2D eigenvalue weighted by Gasteiger charge is 2.05. The topological polar surface area (TPSA) is 41.5 Å². The lowest BCUT2D eigenvalue weighted by atomic mass is 10.1. The van der Waals surface area contributed by atoms with Crippen molar-refractivity contribution in [2.75, 3.05) is 20.3 Å². The van der Waals surface area contributed by atoms with Crippen molar-refractivity contribution in [3.8, 4) is 5.75 Å². The van der Waals surface area contributed by atoms with Crippen molar-refractivity contribution < 1.29 is 9.84 Å². The fourth-order valence-electron chi connectivity index (χ4n) is 1.48. The molecule has 0 unspecified atom stereocenters. The Morgan fingerprint density at radius 1 is 1.31 bits per heavy atom. The van der Waals surface area contributed by atoms with Crippen LogP contribution < -0.4 is 10.1 Å². The maximum absolute atomic E-state index is 9.07. The average Bonchev–Trinajstić information content (AvgIpc) is 2.35. The molecule has 1 aromatic rings. The highest BCUT2D eigenvalue weighted by molar-refractivity contribution is 5.27. The zero-order chi connectivity index (χ0) is 11.8. The Labute approximate surface area is 97.4 Å². The maximum Gasteiger partial charge on any atom is 0.119 e. The Kier molecular flexibility index (Phi) is 5.90. The van der Waals surface area contributed by atoms with Gasteiger partial charge in [0, 0.05) is 6.04 Å². The number of hydrogen-bond acceptors (Lipinski definition) is 3. The molecule has 0 heterocycles. The van der Waals surface area contributed by atoms with Gasteiger partial charge in [0.25, 0.3) is 0 Å². The van der Waals surface area contributed by atoms with E-state index in [4.69, 9.17) is 9.84 Å². The van der Waals surface area contributed by atoms with Gasteiger partial charge in [0.1, 0.15) is 5.75 Å². The van der Waals surface area contributed by atoms with Crippen molar-refractivity contribution in [3.63, 3.8) is 0 Å². The molecule has 0 saturated carbocycles. The van der Waals surface area contributed by atoms with Gasteiger partial charge in [-0.2, -0.15) is 0 Å². The summed E-state index contributed by atoms with van der Waals surface area (Å²) < 4.78 is 5.50. The van der Waals surface area contributed by atoms with E-state index in [1.54, 1.807) is 0 Å². The summed E-state index contributed by atoms with van der Waals surface area (Å²) in [5, 5.41) is 12.1. The highest BCUT2D eigenvalue weighted by Crippen LogP contribution is 2.13. The molecule has 3 nitrogen and oxygen atoms in total. The SMILES string of the molecule is CCCOc1ccc(C[C@@H](CO)NC)cc1. The Morgan fingerprint density at radius 2 is 2.00 bits per heavy atom. The molecule has 0 amide bonds. The van der Waals surface area contributed by atoms with Crippen LogP contribution in [0.5, 0.6) is 5.75 Å². The van der Waals surface area contributed by atoms with E-state index in [1.165, 1.54) is 5.56 Å². The second-order valence-corrected chi connectivity index (χ2v) is 3.86. The van der Waals surface area contributed by atoms with Crippen LogP contribution >= 0.6 is 0 Å². The molecule has 16 heavy (non-hydrogen) atoms. The lowest BCUT2D eigenvalue weighted by Crippen LogP contribution is -2.31. The molecule has 3 heteroatoms. The van der Waals surface area contributed by atoms with Crippen molar-refractivity contribution in [1.82, 2.24) is 5.32 Å². The summed E-state index contributed by atoms with van der Waals surface area (Å²) in [6.45, 7) is 3.01. The number of ether oxygens (including phenoxy) is 1. The van der Waals surface area contributed by atoms with Crippen LogP contribution in [0.1, 0.15) is 18.9 Å². The molecular formula is C13H21NO2. The zero-order valence-electron chi connectivity index (χ0n) is 10.1. The van der Waals surface area contributed by atoms with E-state index >= 15 is 0 Å². The number of rotatable bonds is 7. The normalized spacial score (nSPS) is 12.4. The molecule has 1 rings (SSSR count). The summed E-state index contributed by atoms with van der Waals surface area (Å²) in [5.74, 6) is 0.913. The van der Waals surface area contributed by atoms with Crippen LogP contribution in [0.25, 0.3) is 0 Å². The minimum absolute atomic E-state index is 0.127. The molecule has 0 fully saturated rings. The molecule has 1 aromatic carbocycles. The zero-order valence-corrected chi connectivity index (χ0v) is 10.1. The van der Waals surface area contributed by atoms with E-state index in [0.717, 1.165) is 25.2 Å². The molecule has 0 aliphatic heterocycles. The van der Waals surface area contributed by atoms with Gasteiger partial charge in [-0.25, -0.2) is 0 Å². The molecule has 90 valence electrons. The molecule has 0 saturated heterocycles. The van der Waals surface area contributed by atoms with E-state index in [2.05, 4.69) is 12.2 Å². The van der Waals surface area contributed by atoms with Crippen molar-refractivity contribution >= 4 is 0 Å². The summed E-state index contributed by atoms with van der Waals surface area (Å²) in [6.07, 6.45) is 1.86. The monoisotopic (exact) mass is 223 g/mol. The minimum Gasteiger partial charge on any atom is -0.494 e. The molecule has 2 N–H and O–H groups in total. The van der Waals surface area contributed by atoms with Gasteiger partial charge < -0.3 is 15.2 Å². The van der Waals surface area contributed by atoms with Crippen LogP contribution in [0.15, 0.2) is 24.3 Å². The molecule has 1 atom stereocenters.